The quantitative estimate of drug-likeness (QED) is 0.561. The lowest BCUT2D eigenvalue weighted by atomic mass is 9.89. The van der Waals surface area contributed by atoms with E-state index in [1.54, 1.807) is 0 Å². The van der Waals surface area contributed by atoms with Crippen LogP contribution in [-0.2, 0) is 5.60 Å². The van der Waals surface area contributed by atoms with Gasteiger partial charge in [-0.25, -0.2) is 15.0 Å². The third-order valence-corrected chi connectivity index (χ3v) is 6.66. The molecule has 1 amide bonds. The highest BCUT2D eigenvalue weighted by atomic mass is 32.1. The Labute approximate surface area is 190 Å². The van der Waals surface area contributed by atoms with E-state index in [0.717, 1.165) is 34.5 Å². The lowest BCUT2D eigenvalue weighted by Crippen LogP contribution is -2.33. The minimum absolute atomic E-state index is 0.0956. The molecular weight excluding hydrogens is 428 g/mol. The molecule has 164 valence electrons. The number of rotatable bonds is 6. The topological polar surface area (TPSA) is 95.5 Å². The van der Waals surface area contributed by atoms with Crippen LogP contribution in [0.3, 0.4) is 0 Å². The largest absolute Gasteiger partial charge is 0.481 e. The Morgan fingerprint density at radius 2 is 1.91 bits per heavy atom. The minimum atomic E-state index is -0.554. The average molecular weight is 451 g/mol. The first kappa shape index (κ1) is 21.6. The van der Waals surface area contributed by atoms with Gasteiger partial charge in [0.2, 0.25) is 11.8 Å². The molecule has 2 aromatic heterocycles. The van der Waals surface area contributed by atoms with E-state index >= 15 is 0 Å². The maximum absolute atomic E-state index is 13.1. The van der Waals surface area contributed by atoms with Crippen LogP contribution < -0.4 is 19.5 Å². The first-order valence-electron chi connectivity index (χ1n) is 10.1. The highest BCUT2D eigenvalue weighted by Gasteiger charge is 2.41. The molecule has 0 unspecified atom stereocenters. The smallest absolute Gasteiger partial charge is 0.268 e. The third-order valence-electron chi connectivity index (χ3n) is 5.50. The van der Waals surface area contributed by atoms with E-state index in [1.165, 1.54) is 31.9 Å². The van der Waals surface area contributed by atoms with E-state index in [2.05, 4.69) is 35.1 Å². The van der Waals surface area contributed by atoms with Crippen LogP contribution in [0.15, 0.2) is 24.5 Å². The van der Waals surface area contributed by atoms with Gasteiger partial charge in [-0.05, 0) is 31.0 Å². The number of ether oxygens (including phenoxy) is 3. The number of carbonyl (C=O) groups is 1. The second-order valence-corrected chi connectivity index (χ2v) is 8.08. The molecule has 3 heterocycles. The zero-order valence-corrected chi connectivity index (χ0v) is 19.0. The molecule has 0 spiro atoms. The maximum atomic E-state index is 13.1. The lowest BCUT2D eigenvalue weighted by molar-refractivity contribution is 0.0582. The fourth-order valence-electron chi connectivity index (χ4n) is 3.75. The van der Waals surface area contributed by atoms with Gasteiger partial charge in [-0.2, -0.15) is 0 Å². The van der Waals surface area contributed by atoms with Crippen molar-refractivity contribution in [1.29, 1.82) is 0 Å². The number of thiazole rings is 1. The molecule has 0 saturated carbocycles. The second-order valence-electron chi connectivity index (χ2n) is 7.08. The van der Waals surface area contributed by atoms with Crippen molar-refractivity contribution in [3.05, 3.63) is 40.5 Å². The number of hydrogen-bond donors (Lipinski definition) is 1. The SMILES string of the molecule is C#Cc1ccc2c(c1)OC(CC)(CC)c1sc(NC(=O)c3c(OC)ncnc3OC)nc1-2. The summed E-state index contributed by atoms with van der Waals surface area (Å²) in [5.41, 5.74) is 1.90. The molecule has 0 radical (unpaired) electrons. The number of fused-ring (bicyclic) bond motifs is 3. The van der Waals surface area contributed by atoms with Gasteiger partial charge in [-0.15, -0.1) is 6.42 Å². The Balaban J connectivity index is 1.78. The summed E-state index contributed by atoms with van der Waals surface area (Å²) in [5, 5.41) is 3.27. The van der Waals surface area contributed by atoms with E-state index in [9.17, 15) is 4.79 Å². The summed E-state index contributed by atoms with van der Waals surface area (Å²) in [4.78, 5) is 26.8. The minimum Gasteiger partial charge on any atom is -0.481 e. The third kappa shape index (κ3) is 3.42. The zero-order valence-electron chi connectivity index (χ0n) is 18.2. The summed E-state index contributed by atoms with van der Waals surface area (Å²) in [7, 11) is 2.85. The Kier molecular flexibility index (Phi) is 5.72. The Morgan fingerprint density at radius 1 is 1.22 bits per heavy atom. The molecule has 1 aliphatic heterocycles. The summed E-state index contributed by atoms with van der Waals surface area (Å²) in [6, 6.07) is 5.61. The monoisotopic (exact) mass is 450 g/mol. The molecule has 32 heavy (non-hydrogen) atoms. The van der Waals surface area contributed by atoms with E-state index in [4.69, 9.17) is 25.6 Å². The first-order chi connectivity index (χ1) is 15.5. The van der Waals surface area contributed by atoms with Gasteiger partial charge in [-0.3, -0.25) is 10.1 Å². The normalized spacial score (nSPS) is 13.2. The highest BCUT2D eigenvalue weighted by molar-refractivity contribution is 7.16. The fourth-order valence-corrected chi connectivity index (χ4v) is 4.99. The molecule has 9 heteroatoms. The number of hydrogen-bond acceptors (Lipinski definition) is 8. The van der Waals surface area contributed by atoms with Gasteiger partial charge in [0.1, 0.15) is 17.7 Å². The summed E-state index contributed by atoms with van der Waals surface area (Å²) in [6.07, 6.45) is 8.32. The van der Waals surface area contributed by atoms with Crippen molar-refractivity contribution in [2.75, 3.05) is 19.5 Å². The molecule has 0 atom stereocenters. The van der Waals surface area contributed by atoms with Gasteiger partial charge in [0, 0.05) is 11.1 Å². The van der Waals surface area contributed by atoms with Gasteiger partial charge < -0.3 is 14.2 Å². The molecule has 0 bridgehead atoms. The standard InChI is InChI=1S/C23H22N4O4S/c1-6-13-9-10-14-15(11-13)31-23(7-2,8-3)18-17(14)26-22(32-18)27-19(28)16-20(29-4)24-12-25-21(16)30-5/h1,9-12H,7-8H2,2-5H3,(H,26,27,28). The van der Waals surface area contributed by atoms with Crippen LogP contribution in [0, 0.1) is 12.3 Å². The van der Waals surface area contributed by atoms with Gasteiger partial charge in [0.05, 0.1) is 24.8 Å². The molecule has 4 rings (SSSR count). The van der Waals surface area contributed by atoms with Crippen molar-refractivity contribution in [2.45, 2.75) is 32.3 Å². The van der Waals surface area contributed by atoms with Crippen molar-refractivity contribution in [1.82, 2.24) is 15.0 Å². The average Bonchev–Trinajstić information content (AvgIpc) is 3.26. The number of nitrogens with one attached hydrogen (secondary N) is 1. The van der Waals surface area contributed by atoms with E-state index < -0.39 is 11.5 Å². The fraction of sp³-hybridized carbons (Fsp3) is 0.304. The van der Waals surface area contributed by atoms with E-state index in [1.807, 2.05) is 18.2 Å². The second kappa shape index (κ2) is 8.48. The van der Waals surface area contributed by atoms with Crippen LogP contribution in [0.25, 0.3) is 11.3 Å². The van der Waals surface area contributed by atoms with Crippen molar-refractivity contribution in [3.63, 3.8) is 0 Å². The molecule has 0 saturated heterocycles. The number of anilines is 1. The molecule has 8 nitrogen and oxygen atoms in total. The van der Waals surface area contributed by atoms with Crippen molar-refractivity contribution in [3.8, 4) is 41.1 Å². The van der Waals surface area contributed by atoms with Gasteiger partial charge >= 0.3 is 0 Å². The number of amides is 1. The van der Waals surface area contributed by atoms with Crippen LogP contribution in [-0.4, -0.2) is 35.1 Å². The molecular formula is C23H22N4O4S. The van der Waals surface area contributed by atoms with E-state index in [-0.39, 0.29) is 17.3 Å². The van der Waals surface area contributed by atoms with Crippen LogP contribution in [0.4, 0.5) is 5.13 Å². The van der Waals surface area contributed by atoms with Crippen molar-refractivity contribution >= 4 is 22.4 Å². The van der Waals surface area contributed by atoms with Crippen molar-refractivity contribution in [2.24, 2.45) is 0 Å². The van der Waals surface area contributed by atoms with Gasteiger partial charge in [0.25, 0.3) is 5.91 Å². The van der Waals surface area contributed by atoms with Crippen molar-refractivity contribution < 1.29 is 19.0 Å². The van der Waals surface area contributed by atoms with Crippen LogP contribution in [0.5, 0.6) is 17.5 Å². The first-order valence-corrected chi connectivity index (χ1v) is 10.9. The van der Waals surface area contributed by atoms with E-state index in [0.29, 0.717) is 10.9 Å². The van der Waals surface area contributed by atoms with Gasteiger partial charge in [-0.1, -0.05) is 31.1 Å². The summed E-state index contributed by atoms with van der Waals surface area (Å²) in [6.45, 7) is 4.14. The molecule has 1 N–H and O–H groups in total. The predicted octanol–water partition coefficient (Wildman–Crippen LogP) is 4.26. The molecule has 0 aliphatic carbocycles. The molecule has 0 fully saturated rings. The Morgan fingerprint density at radius 3 is 2.50 bits per heavy atom. The van der Waals surface area contributed by atoms with Crippen LogP contribution in [0.1, 0.15) is 47.5 Å². The lowest BCUT2D eigenvalue weighted by Gasteiger charge is -2.36. The number of nitrogens with zero attached hydrogens (tertiary/aromatic N) is 3. The summed E-state index contributed by atoms with van der Waals surface area (Å²) < 4.78 is 16.9. The number of carbonyl (C=O) groups excluding carboxylic acids is 1. The Bertz CT molecular complexity index is 1200. The maximum Gasteiger partial charge on any atom is 0.268 e. The van der Waals surface area contributed by atoms with Crippen LogP contribution >= 0.6 is 11.3 Å². The highest BCUT2D eigenvalue weighted by Crippen LogP contribution is 2.51. The predicted molar refractivity (Wildman–Crippen MR) is 121 cm³/mol. The Hall–Kier alpha value is -3.64. The van der Waals surface area contributed by atoms with Crippen LogP contribution in [0.2, 0.25) is 0 Å². The number of terminal acetylenes is 1. The summed E-state index contributed by atoms with van der Waals surface area (Å²) >= 11 is 1.38. The number of aromatic nitrogens is 3. The number of benzene rings is 1. The molecule has 3 aromatic rings. The zero-order chi connectivity index (χ0) is 22.9. The summed E-state index contributed by atoms with van der Waals surface area (Å²) in [5.74, 6) is 3.09. The molecule has 1 aliphatic rings. The molecule has 1 aromatic carbocycles. The van der Waals surface area contributed by atoms with Gasteiger partial charge in [0.15, 0.2) is 10.7 Å². The number of methoxy groups -OCH3 is 2.